The molecule has 0 amide bonds. The number of hydrogen-bond acceptors (Lipinski definition) is 5. The lowest BCUT2D eigenvalue weighted by atomic mass is 9.90. The lowest BCUT2D eigenvalue weighted by Crippen LogP contribution is -2.37. The summed E-state index contributed by atoms with van der Waals surface area (Å²) in [5.41, 5.74) is 2.20. The summed E-state index contributed by atoms with van der Waals surface area (Å²) < 4.78 is 3.82. The molecule has 2 aromatic heterocycles. The Kier molecular flexibility index (Phi) is 4.89. The monoisotopic (exact) mass is 346 g/mol. The number of aryl methyl sites for hydroxylation is 1. The van der Waals surface area contributed by atoms with Crippen molar-refractivity contribution in [2.45, 2.75) is 52.2 Å². The molecule has 25 heavy (non-hydrogen) atoms. The number of aromatic nitrogens is 5. The van der Waals surface area contributed by atoms with E-state index in [9.17, 15) is 9.90 Å². The lowest BCUT2D eigenvalue weighted by molar-refractivity contribution is 0.0687. The zero-order valence-corrected chi connectivity index (χ0v) is 15.3. The van der Waals surface area contributed by atoms with E-state index in [4.69, 9.17) is 0 Å². The number of rotatable bonds is 6. The molecule has 1 aliphatic rings. The van der Waals surface area contributed by atoms with Crippen LogP contribution < -0.4 is 0 Å². The van der Waals surface area contributed by atoms with Gasteiger partial charge in [0.25, 0.3) is 0 Å². The molecule has 1 unspecified atom stereocenters. The van der Waals surface area contributed by atoms with Crippen LogP contribution in [0.1, 0.15) is 47.8 Å². The molecule has 1 N–H and O–H groups in total. The summed E-state index contributed by atoms with van der Waals surface area (Å²) in [6.45, 7) is 5.69. The topological polar surface area (TPSA) is 89.1 Å². The summed E-state index contributed by atoms with van der Waals surface area (Å²) in [5, 5.41) is 22.0. The predicted octanol–water partition coefficient (Wildman–Crippen LogP) is 1.36. The van der Waals surface area contributed by atoms with Gasteiger partial charge < -0.3 is 9.67 Å². The van der Waals surface area contributed by atoms with E-state index in [0.717, 1.165) is 36.5 Å². The van der Waals surface area contributed by atoms with Crippen LogP contribution in [0.3, 0.4) is 0 Å². The van der Waals surface area contributed by atoms with E-state index >= 15 is 0 Å². The van der Waals surface area contributed by atoms with Gasteiger partial charge in [-0.25, -0.2) is 4.79 Å². The lowest BCUT2D eigenvalue weighted by Gasteiger charge is -2.31. The Hall–Kier alpha value is -2.22. The van der Waals surface area contributed by atoms with Crippen molar-refractivity contribution in [1.82, 2.24) is 29.4 Å². The average molecular weight is 346 g/mol. The van der Waals surface area contributed by atoms with Crippen molar-refractivity contribution in [2.24, 2.45) is 13.0 Å². The Labute approximate surface area is 147 Å². The highest BCUT2D eigenvalue weighted by atomic mass is 16.4. The van der Waals surface area contributed by atoms with Crippen LogP contribution in [0.5, 0.6) is 0 Å². The van der Waals surface area contributed by atoms with E-state index in [1.807, 2.05) is 16.3 Å². The van der Waals surface area contributed by atoms with Crippen LogP contribution in [0.2, 0.25) is 0 Å². The van der Waals surface area contributed by atoms with Gasteiger partial charge in [0, 0.05) is 30.9 Å². The molecule has 3 rings (SSSR count). The average Bonchev–Trinajstić information content (AvgIpc) is 3.11. The molecule has 2 heterocycles. The minimum absolute atomic E-state index is 0.215. The van der Waals surface area contributed by atoms with Crippen molar-refractivity contribution in [1.29, 1.82) is 0 Å². The predicted molar refractivity (Wildman–Crippen MR) is 92.3 cm³/mol. The third kappa shape index (κ3) is 3.58. The summed E-state index contributed by atoms with van der Waals surface area (Å²) in [7, 11) is 3.99. The summed E-state index contributed by atoms with van der Waals surface area (Å²) >= 11 is 0. The summed E-state index contributed by atoms with van der Waals surface area (Å²) in [5.74, 6) is 0.402. The fourth-order valence-electron chi connectivity index (χ4n) is 3.52. The van der Waals surface area contributed by atoms with E-state index in [1.54, 1.807) is 6.33 Å². The van der Waals surface area contributed by atoms with Gasteiger partial charge in [-0.05, 0) is 32.2 Å². The molecule has 1 aliphatic carbocycles. The fourth-order valence-corrected chi connectivity index (χ4v) is 3.52. The number of hydrogen-bond donors (Lipinski definition) is 1. The maximum absolute atomic E-state index is 11.6. The first-order valence-electron chi connectivity index (χ1n) is 8.71. The summed E-state index contributed by atoms with van der Waals surface area (Å²) in [6, 6.07) is 0.277. The molecule has 0 fully saturated rings. The van der Waals surface area contributed by atoms with Gasteiger partial charge in [0.2, 0.25) is 0 Å². The van der Waals surface area contributed by atoms with Crippen LogP contribution in [-0.4, -0.2) is 53.6 Å². The number of likely N-dealkylation sites (N-methyl/N-ethyl adjacent to an activating group) is 1. The minimum Gasteiger partial charge on any atom is -0.476 e. The van der Waals surface area contributed by atoms with Crippen molar-refractivity contribution in [2.75, 3.05) is 7.05 Å². The minimum atomic E-state index is -0.935. The summed E-state index contributed by atoms with van der Waals surface area (Å²) in [6.07, 6.45) is 4.25. The molecule has 8 nitrogen and oxygen atoms in total. The molecule has 2 aromatic rings. The highest BCUT2D eigenvalue weighted by molar-refractivity contribution is 5.87. The van der Waals surface area contributed by atoms with Crippen LogP contribution in [-0.2, 0) is 33.0 Å². The van der Waals surface area contributed by atoms with Crippen molar-refractivity contribution in [3.05, 3.63) is 29.1 Å². The second kappa shape index (κ2) is 6.95. The molecule has 0 saturated carbocycles. The second-order valence-electron chi connectivity index (χ2n) is 7.32. The van der Waals surface area contributed by atoms with E-state index in [0.29, 0.717) is 18.9 Å². The van der Waals surface area contributed by atoms with Crippen LogP contribution >= 0.6 is 0 Å². The number of carbonyl (C=O) groups is 1. The van der Waals surface area contributed by atoms with Gasteiger partial charge in [-0.2, -0.15) is 5.10 Å². The molecular formula is C17H26N6O2. The molecule has 136 valence electrons. The molecule has 0 spiro atoms. The Balaban J connectivity index is 1.81. The van der Waals surface area contributed by atoms with Gasteiger partial charge in [0.05, 0.1) is 6.54 Å². The first-order valence-corrected chi connectivity index (χ1v) is 8.71. The molecule has 0 saturated heterocycles. The van der Waals surface area contributed by atoms with Gasteiger partial charge >= 0.3 is 5.97 Å². The zero-order chi connectivity index (χ0) is 18.1. The Bertz CT molecular complexity index is 763. The van der Waals surface area contributed by atoms with Crippen LogP contribution in [0.25, 0.3) is 0 Å². The van der Waals surface area contributed by atoms with Crippen molar-refractivity contribution < 1.29 is 9.90 Å². The fraction of sp³-hybridized carbons (Fsp3) is 0.647. The molecular weight excluding hydrogens is 320 g/mol. The molecule has 0 aromatic carbocycles. The Morgan fingerprint density at radius 3 is 2.84 bits per heavy atom. The van der Waals surface area contributed by atoms with E-state index in [1.165, 1.54) is 0 Å². The van der Waals surface area contributed by atoms with Crippen molar-refractivity contribution in [3.63, 3.8) is 0 Å². The maximum atomic E-state index is 11.6. The molecule has 0 aliphatic heterocycles. The van der Waals surface area contributed by atoms with Crippen LogP contribution in [0.4, 0.5) is 0 Å². The van der Waals surface area contributed by atoms with E-state index < -0.39 is 5.97 Å². The Morgan fingerprint density at radius 1 is 1.48 bits per heavy atom. The highest BCUT2D eigenvalue weighted by Gasteiger charge is 2.31. The third-order valence-electron chi connectivity index (χ3n) is 4.88. The number of aromatic carboxylic acids is 1. The van der Waals surface area contributed by atoms with Gasteiger partial charge in [-0.3, -0.25) is 9.58 Å². The first kappa shape index (κ1) is 17.6. The zero-order valence-electron chi connectivity index (χ0n) is 15.3. The van der Waals surface area contributed by atoms with Crippen molar-refractivity contribution in [3.8, 4) is 0 Å². The second-order valence-corrected chi connectivity index (χ2v) is 7.32. The number of fused-ring (bicyclic) bond motifs is 1. The molecule has 8 heteroatoms. The van der Waals surface area contributed by atoms with E-state index in [2.05, 4.69) is 41.1 Å². The largest absolute Gasteiger partial charge is 0.476 e. The number of nitrogens with zero attached hydrogens (tertiary/aromatic N) is 6. The van der Waals surface area contributed by atoms with Gasteiger partial charge in [0.1, 0.15) is 12.2 Å². The smallest absolute Gasteiger partial charge is 0.356 e. The van der Waals surface area contributed by atoms with Gasteiger partial charge in [0.15, 0.2) is 5.69 Å². The normalized spacial score (nSPS) is 17.3. The SMILES string of the molecule is CC(C)Cn1nc(C(=O)O)c2c1CCC(N(C)Cc1nncn1C)C2. The summed E-state index contributed by atoms with van der Waals surface area (Å²) in [4.78, 5) is 13.9. The van der Waals surface area contributed by atoms with Crippen LogP contribution in [0, 0.1) is 5.92 Å². The standard InChI is InChI=1S/C17H26N6O2/c1-11(2)8-23-14-6-5-12(7-13(14)16(20-23)17(24)25)21(3)9-15-19-18-10-22(15)4/h10-12H,5-9H2,1-4H3,(H,24,25). The molecule has 0 radical (unpaired) electrons. The van der Waals surface area contributed by atoms with E-state index in [-0.39, 0.29) is 11.7 Å². The number of carboxylic acid groups (broad SMARTS) is 1. The van der Waals surface area contributed by atoms with Gasteiger partial charge in [-0.15, -0.1) is 10.2 Å². The first-order chi connectivity index (χ1) is 11.9. The maximum Gasteiger partial charge on any atom is 0.356 e. The molecule has 1 atom stereocenters. The van der Waals surface area contributed by atoms with Crippen molar-refractivity contribution >= 4 is 5.97 Å². The van der Waals surface area contributed by atoms with Crippen LogP contribution in [0.15, 0.2) is 6.33 Å². The highest BCUT2D eigenvalue weighted by Crippen LogP contribution is 2.28. The Morgan fingerprint density at radius 2 is 2.24 bits per heavy atom. The third-order valence-corrected chi connectivity index (χ3v) is 4.88. The van der Waals surface area contributed by atoms with Gasteiger partial charge in [-0.1, -0.05) is 13.8 Å². The molecule has 0 bridgehead atoms. The number of carboxylic acids is 1. The quantitative estimate of drug-likeness (QED) is 0.849.